The van der Waals surface area contributed by atoms with E-state index in [1.807, 2.05) is 72.8 Å². The molecule has 1 aliphatic rings. The highest BCUT2D eigenvalue weighted by Gasteiger charge is 2.21. The Kier molecular flexibility index (Phi) is 7.33. The lowest BCUT2D eigenvalue weighted by Gasteiger charge is -2.20. The van der Waals surface area contributed by atoms with Gasteiger partial charge in [0.15, 0.2) is 0 Å². The van der Waals surface area contributed by atoms with Crippen LogP contribution in [0, 0.1) is 10.2 Å². The molecular formula is C31H21ClO6. The maximum Gasteiger partial charge on any atom is 0.361 e. The highest BCUT2D eigenvalue weighted by Crippen LogP contribution is 2.39. The third-order valence-electron chi connectivity index (χ3n) is 5.84. The lowest BCUT2D eigenvalue weighted by atomic mass is 9.96. The Balaban J connectivity index is 0.000000540. The number of hydrogen-bond donors (Lipinski definition) is 0. The predicted octanol–water partition coefficient (Wildman–Crippen LogP) is 3.60. The van der Waals surface area contributed by atoms with Gasteiger partial charge in [0, 0.05) is 22.8 Å². The summed E-state index contributed by atoms with van der Waals surface area (Å²) in [5.74, 6) is 2.54. The van der Waals surface area contributed by atoms with Crippen LogP contribution in [-0.4, -0.2) is 0 Å². The third kappa shape index (κ3) is 6.15. The van der Waals surface area contributed by atoms with Crippen LogP contribution in [0.15, 0.2) is 126 Å². The molecule has 0 bridgehead atoms. The van der Waals surface area contributed by atoms with Gasteiger partial charge < -0.3 is 4.74 Å². The van der Waals surface area contributed by atoms with Crippen LogP contribution < -0.4 is 23.4 Å². The number of allylic oxidation sites excluding steroid dienone is 2. The summed E-state index contributed by atoms with van der Waals surface area (Å²) in [6, 6.07) is 38.9. The van der Waals surface area contributed by atoms with Crippen LogP contribution in [0.2, 0.25) is 0 Å². The Morgan fingerprint density at radius 1 is 0.658 bits per heavy atom. The number of hydrogen-bond acceptors (Lipinski definition) is 5. The van der Waals surface area contributed by atoms with E-state index in [2.05, 4.69) is 54.6 Å². The lowest BCUT2D eigenvalue weighted by Crippen LogP contribution is -2.68. The van der Waals surface area contributed by atoms with Gasteiger partial charge in [-0.2, -0.15) is 0 Å². The molecule has 0 aliphatic carbocycles. The smallest absolute Gasteiger partial charge is 0.361 e. The van der Waals surface area contributed by atoms with Gasteiger partial charge in [0.05, 0.1) is 17.0 Å². The lowest BCUT2D eigenvalue weighted by molar-refractivity contribution is -2.00. The fourth-order valence-electron chi connectivity index (χ4n) is 4.22. The quantitative estimate of drug-likeness (QED) is 0.333. The molecule has 0 saturated carbocycles. The average molecular weight is 525 g/mol. The number of benzene rings is 4. The first-order valence-corrected chi connectivity index (χ1v) is 12.9. The van der Waals surface area contributed by atoms with Gasteiger partial charge >= 0.3 is 11.3 Å². The van der Waals surface area contributed by atoms with Gasteiger partial charge in [-0.1, -0.05) is 78.9 Å². The minimum Gasteiger partial charge on any atom is -0.456 e. The van der Waals surface area contributed by atoms with Crippen molar-refractivity contribution in [3.63, 3.8) is 0 Å². The van der Waals surface area contributed by atoms with E-state index in [0.717, 1.165) is 56.1 Å². The Bertz CT molecular complexity index is 1620. The number of rotatable bonds is 3. The molecule has 38 heavy (non-hydrogen) atoms. The Labute approximate surface area is 221 Å². The molecule has 0 atom stereocenters. The SMILES string of the molecule is C1=C(c2ccccc2)Oc2ccccc2/C1=C/c1cc(-c2ccccc2)[o+]c2ccccc12.[O-][Cl+3]([O-])([O-])[O-]. The summed E-state index contributed by atoms with van der Waals surface area (Å²) < 4.78 is 46.5. The maximum absolute atomic E-state index is 8.49. The van der Waals surface area contributed by atoms with Crippen LogP contribution in [0.25, 0.3) is 39.7 Å². The normalized spacial score (nSPS) is 13.7. The number of halogens is 1. The molecule has 188 valence electrons. The van der Waals surface area contributed by atoms with Crippen molar-refractivity contribution in [2.75, 3.05) is 0 Å². The fourth-order valence-corrected chi connectivity index (χ4v) is 4.22. The van der Waals surface area contributed by atoms with Crippen molar-refractivity contribution in [1.29, 1.82) is 0 Å². The number of fused-ring (bicyclic) bond motifs is 2. The molecule has 4 aromatic carbocycles. The average Bonchev–Trinajstić information content (AvgIpc) is 2.93. The molecule has 2 heterocycles. The zero-order valence-corrected chi connectivity index (χ0v) is 20.7. The van der Waals surface area contributed by atoms with Crippen LogP contribution >= 0.6 is 0 Å². The van der Waals surface area contributed by atoms with Gasteiger partial charge in [0.2, 0.25) is 0 Å². The summed E-state index contributed by atoms with van der Waals surface area (Å²) in [4.78, 5) is 0. The number of para-hydroxylation sites is 2. The molecule has 0 amide bonds. The summed E-state index contributed by atoms with van der Waals surface area (Å²) in [7, 11) is -4.94. The predicted molar refractivity (Wildman–Crippen MR) is 135 cm³/mol. The highest BCUT2D eigenvalue weighted by atomic mass is 35.7. The van der Waals surface area contributed by atoms with Crippen molar-refractivity contribution in [2.45, 2.75) is 0 Å². The van der Waals surface area contributed by atoms with E-state index in [0.29, 0.717) is 0 Å². The molecular weight excluding hydrogens is 504 g/mol. The summed E-state index contributed by atoms with van der Waals surface area (Å²) in [6.07, 6.45) is 4.35. The van der Waals surface area contributed by atoms with Gasteiger partial charge in [0.25, 0.3) is 0 Å². The van der Waals surface area contributed by atoms with Crippen molar-refractivity contribution in [1.82, 2.24) is 0 Å². The topological polar surface area (TPSA) is 113 Å². The Morgan fingerprint density at radius 3 is 1.95 bits per heavy atom. The molecule has 1 aliphatic heterocycles. The fraction of sp³-hybridized carbons (Fsp3) is 0. The second-order valence-corrected chi connectivity index (χ2v) is 9.13. The van der Waals surface area contributed by atoms with Gasteiger partial charge in [0.1, 0.15) is 11.5 Å². The summed E-state index contributed by atoms with van der Waals surface area (Å²) in [5.41, 5.74) is 6.24. The van der Waals surface area contributed by atoms with Crippen LogP contribution in [0.5, 0.6) is 5.75 Å². The Morgan fingerprint density at radius 2 is 1.24 bits per heavy atom. The Hall–Kier alpha value is -4.30. The van der Waals surface area contributed by atoms with Crippen molar-refractivity contribution in [3.05, 3.63) is 138 Å². The van der Waals surface area contributed by atoms with Crippen LogP contribution in [0.3, 0.4) is 0 Å². The maximum atomic E-state index is 8.49. The number of ether oxygens (including phenoxy) is 1. The third-order valence-corrected chi connectivity index (χ3v) is 5.84. The van der Waals surface area contributed by atoms with Crippen LogP contribution in [-0.2, 0) is 0 Å². The van der Waals surface area contributed by atoms with E-state index in [1.54, 1.807) is 0 Å². The summed E-state index contributed by atoms with van der Waals surface area (Å²) in [6.45, 7) is 0. The molecule has 6 nitrogen and oxygen atoms in total. The van der Waals surface area contributed by atoms with E-state index in [4.69, 9.17) is 27.8 Å². The minimum atomic E-state index is -4.94. The zero-order valence-electron chi connectivity index (χ0n) is 20.0. The summed E-state index contributed by atoms with van der Waals surface area (Å²) >= 11 is 0. The molecule has 6 rings (SSSR count). The standard InChI is InChI=1S/C31H21O2.ClHO4/c1-3-11-22(12-4-1)30-20-24(26-15-7-9-17-28(26)32-30)19-25-21-31(23-13-5-2-6-14-23)33-29-18-10-8-16-27(25)29;2-1(3,4)5/h1-21H;(H,2,3,4,5)/q+1;/p-1. The zero-order chi connectivity index (χ0) is 26.5. The largest absolute Gasteiger partial charge is 0.456 e. The second kappa shape index (κ2) is 11.0. The first-order chi connectivity index (χ1) is 18.3. The highest BCUT2D eigenvalue weighted by molar-refractivity contribution is 6.00. The molecule has 0 N–H and O–H groups in total. The van der Waals surface area contributed by atoms with E-state index >= 15 is 0 Å². The van der Waals surface area contributed by atoms with E-state index in [1.165, 1.54) is 0 Å². The van der Waals surface area contributed by atoms with Crippen molar-refractivity contribution in [3.8, 4) is 17.1 Å². The monoisotopic (exact) mass is 524 g/mol. The van der Waals surface area contributed by atoms with Gasteiger partial charge in [-0.25, -0.2) is 23.1 Å². The minimum absolute atomic E-state index is 0.841. The first kappa shape index (κ1) is 25.4. The second-order valence-electron chi connectivity index (χ2n) is 8.38. The molecule has 0 unspecified atom stereocenters. The van der Waals surface area contributed by atoms with E-state index < -0.39 is 10.2 Å². The molecule has 7 heteroatoms. The van der Waals surface area contributed by atoms with Crippen molar-refractivity contribution >= 4 is 28.4 Å². The van der Waals surface area contributed by atoms with E-state index in [9.17, 15) is 0 Å². The first-order valence-electron chi connectivity index (χ1n) is 11.6. The van der Waals surface area contributed by atoms with Crippen LogP contribution in [0.4, 0.5) is 0 Å². The van der Waals surface area contributed by atoms with Gasteiger partial charge in [-0.15, -0.1) is 10.2 Å². The van der Waals surface area contributed by atoms with E-state index in [-0.39, 0.29) is 0 Å². The molecule has 0 spiro atoms. The molecule has 5 aromatic rings. The molecule has 0 radical (unpaired) electrons. The van der Waals surface area contributed by atoms with Gasteiger partial charge in [-0.05, 0) is 42.0 Å². The molecule has 0 saturated heterocycles. The van der Waals surface area contributed by atoms with Crippen LogP contribution in [0.1, 0.15) is 16.7 Å². The van der Waals surface area contributed by atoms with Crippen molar-refractivity contribution in [2.24, 2.45) is 0 Å². The molecule has 1 aromatic heterocycles. The van der Waals surface area contributed by atoms with Crippen molar-refractivity contribution < 1.29 is 38.0 Å². The van der Waals surface area contributed by atoms with Gasteiger partial charge in [-0.3, -0.25) is 0 Å². The summed E-state index contributed by atoms with van der Waals surface area (Å²) in [5, 5.41) is 1.07. The molecule has 0 fully saturated rings.